The van der Waals surface area contributed by atoms with Crippen molar-refractivity contribution in [1.82, 2.24) is 14.7 Å². The maximum Gasteiger partial charge on any atom is 0.0648 e. The summed E-state index contributed by atoms with van der Waals surface area (Å²) < 4.78 is 1.84. The summed E-state index contributed by atoms with van der Waals surface area (Å²) in [5.74, 6) is 0. The summed E-state index contributed by atoms with van der Waals surface area (Å²) in [5.41, 5.74) is 2.24. The molecule has 0 unspecified atom stereocenters. The molecule has 100 valence electrons. The van der Waals surface area contributed by atoms with Crippen LogP contribution in [0.4, 0.5) is 0 Å². The van der Waals surface area contributed by atoms with E-state index < -0.39 is 0 Å². The Labute approximate surface area is 113 Å². The lowest BCUT2D eigenvalue weighted by molar-refractivity contribution is 0.203. The smallest absolute Gasteiger partial charge is 0.0648 e. The zero-order valence-corrected chi connectivity index (χ0v) is 10.9. The molecule has 2 rings (SSSR count). The van der Waals surface area contributed by atoms with Gasteiger partial charge in [-0.1, -0.05) is 18.2 Å². The van der Waals surface area contributed by atoms with Crippen molar-refractivity contribution < 1.29 is 5.11 Å². The summed E-state index contributed by atoms with van der Waals surface area (Å²) in [6.45, 7) is 6.12. The summed E-state index contributed by atoms with van der Waals surface area (Å²) in [7, 11) is 0. The lowest BCUT2D eigenvalue weighted by Gasteiger charge is -2.19. The van der Waals surface area contributed by atoms with E-state index in [1.165, 1.54) is 5.56 Å². The fourth-order valence-electron chi connectivity index (χ4n) is 2.04. The van der Waals surface area contributed by atoms with Gasteiger partial charge in [0.15, 0.2) is 0 Å². The first-order valence-corrected chi connectivity index (χ1v) is 6.36. The zero-order valence-electron chi connectivity index (χ0n) is 10.9. The minimum atomic E-state index is 0.159. The van der Waals surface area contributed by atoms with Crippen molar-refractivity contribution >= 4 is 0 Å². The second-order valence-electron chi connectivity index (χ2n) is 4.37. The Morgan fingerprint density at radius 1 is 1.37 bits per heavy atom. The van der Waals surface area contributed by atoms with E-state index in [9.17, 15) is 0 Å². The van der Waals surface area contributed by atoms with Crippen LogP contribution in [0.1, 0.15) is 5.56 Å². The van der Waals surface area contributed by atoms with Crippen LogP contribution in [0.5, 0.6) is 0 Å². The number of hydrogen-bond donors (Lipinski definition) is 1. The highest BCUT2D eigenvalue weighted by molar-refractivity contribution is 5.35. The molecule has 0 bridgehead atoms. The van der Waals surface area contributed by atoms with Gasteiger partial charge in [0.25, 0.3) is 0 Å². The number of nitrogens with zero attached hydrogens (tertiary/aromatic N) is 3. The molecular formula is C15H19N3O. The molecule has 0 aliphatic heterocycles. The average Bonchev–Trinajstić information content (AvgIpc) is 2.93. The number of hydrogen-bond acceptors (Lipinski definition) is 3. The number of benzene rings is 1. The predicted octanol–water partition coefficient (Wildman–Crippen LogP) is 1.85. The maximum absolute atomic E-state index is 9.06. The Hall–Kier alpha value is -1.91. The van der Waals surface area contributed by atoms with Gasteiger partial charge in [-0.2, -0.15) is 5.10 Å². The number of rotatable bonds is 7. The second kappa shape index (κ2) is 6.87. The molecule has 4 nitrogen and oxygen atoms in total. The molecule has 1 N–H and O–H groups in total. The van der Waals surface area contributed by atoms with Crippen LogP contribution in [0.15, 0.2) is 55.4 Å². The van der Waals surface area contributed by atoms with E-state index in [2.05, 4.69) is 28.7 Å². The van der Waals surface area contributed by atoms with Crippen LogP contribution in [-0.2, 0) is 6.54 Å². The van der Waals surface area contributed by atoms with E-state index in [1.54, 1.807) is 6.20 Å². The standard InChI is InChI=1S/C15H19N3O/c1-2-8-17(10-11-19)13-14-5-3-6-15(12-14)18-9-4-7-16-18/h2-7,9,12,19H,1,8,10-11,13H2. The van der Waals surface area contributed by atoms with Gasteiger partial charge in [0, 0.05) is 32.0 Å². The molecule has 1 heterocycles. The van der Waals surface area contributed by atoms with Gasteiger partial charge in [-0.05, 0) is 23.8 Å². The van der Waals surface area contributed by atoms with Gasteiger partial charge in [-0.15, -0.1) is 6.58 Å². The highest BCUT2D eigenvalue weighted by atomic mass is 16.3. The fourth-order valence-corrected chi connectivity index (χ4v) is 2.04. The summed E-state index contributed by atoms with van der Waals surface area (Å²) >= 11 is 0. The molecule has 4 heteroatoms. The molecule has 0 fully saturated rings. The van der Waals surface area contributed by atoms with E-state index in [0.29, 0.717) is 6.54 Å². The quantitative estimate of drug-likeness (QED) is 0.770. The second-order valence-corrected chi connectivity index (χ2v) is 4.37. The van der Waals surface area contributed by atoms with E-state index in [1.807, 2.05) is 35.2 Å². The topological polar surface area (TPSA) is 41.3 Å². The maximum atomic E-state index is 9.06. The minimum absolute atomic E-state index is 0.159. The van der Waals surface area contributed by atoms with Crippen molar-refractivity contribution in [3.05, 3.63) is 60.9 Å². The van der Waals surface area contributed by atoms with E-state index in [-0.39, 0.29) is 6.61 Å². The first-order chi connectivity index (χ1) is 9.33. The zero-order chi connectivity index (χ0) is 13.5. The fraction of sp³-hybridized carbons (Fsp3) is 0.267. The lowest BCUT2D eigenvalue weighted by Crippen LogP contribution is -2.26. The molecule has 0 amide bonds. The van der Waals surface area contributed by atoms with Crippen LogP contribution in [0, 0.1) is 0 Å². The molecule has 0 aliphatic carbocycles. The van der Waals surface area contributed by atoms with Crippen LogP contribution in [0.3, 0.4) is 0 Å². The molecular weight excluding hydrogens is 238 g/mol. The normalized spacial score (nSPS) is 10.8. The largest absolute Gasteiger partial charge is 0.395 e. The first-order valence-electron chi connectivity index (χ1n) is 6.36. The Bertz CT molecular complexity index is 508. The molecule has 19 heavy (non-hydrogen) atoms. The summed E-state index contributed by atoms with van der Waals surface area (Å²) in [4.78, 5) is 2.15. The van der Waals surface area contributed by atoms with E-state index >= 15 is 0 Å². The van der Waals surface area contributed by atoms with Gasteiger partial charge in [0.2, 0.25) is 0 Å². The van der Waals surface area contributed by atoms with Gasteiger partial charge in [0.1, 0.15) is 0 Å². The van der Waals surface area contributed by atoms with Crippen molar-refractivity contribution in [2.75, 3.05) is 19.7 Å². The Morgan fingerprint density at radius 2 is 2.26 bits per heavy atom. The minimum Gasteiger partial charge on any atom is -0.395 e. The highest BCUT2D eigenvalue weighted by Gasteiger charge is 2.05. The van der Waals surface area contributed by atoms with Crippen molar-refractivity contribution in [3.63, 3.8) is 0 Å². The van der Waals surface area contributed by atoms with Crippen LogP contribution < -0.4 is 0 Å². The van der Waals surface area contributed by atoms with E-state index in [0.717, 1.165) is 18.8 Å². The van der Waals surface area contributed by atoms with Gasteiger partial charge >= 0.3 is 0 Å². The third-order valence-corrected chi connectivity index (χ3v) is 2.89. The van der Waals surface area contributed by atoms with Gasteiger partial charge < -0.3 is 5.11 Å². The third-order valence-electron chi connectivity index (χ3n) is 2.89. The van der Waals surface area contributed by atoms with Crippen LogP contribution >= 0.6 is 0 Å². The summed E-state index contributed by atoms with van der Waals surface area (Å²) in [5, 5.41) is 13.3. The van der Waals surface area contributed by atoms with Crippen LogP contribution in [0.25, 0.3) is 5.69 Å². The number of aliphatic hydroxyl groups excluding tert-OH is 1. The molecule has 1 aromatic heterocycles. The molecule has 0 aliphatic rings. The number of aliphatic hydroxyl groups is 1. The molecule has 0 radical (unpaired) electrons. The molecule has 1 aromatic carbocycles. The molecule has 0 saturated carbocycles. The van der Waals surface area contributed by atoms with Gasteiger partial charge in [-0.3, -0.25) is 4.90 Å². The Morgan fingerprint density at radius 3 is 2.95 bits per heavy atom. The first kappa shape index (κ1) is 13.5. The summed E-state index contributed by atoms with van der Waals surface area (Å²) in [6, 6.07) is 10.2. The van der Waals surface area contributed by atoms with Crippen LogP contribution in [-0.4, -0.2) is 39.5 Å². The molecule has 0 saturated heterocycles. The van der Waals surface area contributed by atoms with Crippen molar-refractivity contribution in [1.29, 1.82) is 0 Å². The van der Waals surface area contributed by atoms with Gasteiger partial charge in [-0.25, -0.2) is 4.68 Å². The lowest BCUT2D eigenvalue weighted by atomic mass is 10.2. The number of aromatic nitrogens is 2. The monoisotopic (exact) mass is 257 g/mol. The summed E-state index contributed by atoms with van der Waals surface area (Å²) in [6.07, 6.45) is 5.55. The Balaban J connectivity index is 2.12. The molecule has 0 atom stereocenters. The van der Waals surface area contributed by atoms with Crippen molar-refractivity contribution in [2.45, 2.75) is 6.54 Å². The SMILES string of the molecule is C=CCN(CCO)Cc1cccc(-n2cccn2)c1. The average molecular weight is 257 g/mol. The van der Waals surface area contributed by atoms with Crippen molar-refractivity contribution in [2.24, 2.45) is 0 Å². The van der Waals surface area contributed by atoms with Crippen LogP contribution in [0.2, 0.25) is 0 Å². The third kappa shape index (κ3) is 3.77. The van der Waals surface area contributed by atoms with Gasteiger partial charge in [0.05, 0.1) is 12.3 Å². The Kier molecular flexibility index (Phi) is 4.89. The molecule has 0 spiro atoms. The molecule has 2 aromatic rings. The highest BCUT2D eigenvalue weighted by Crippen LogP contribution is 2.11. The van der Waals surface area contributed by atoms with E-state index in [4.69, 9.17) is 5.11 Å². The predicted molar refractivity (Wildman–Crippen MR) is 76.1 cm³/mol. The van der Waals surface area contributed by atoms with Crippen molar-refractivity contribution in [3.8, 4) is 5.69 Å².